The minimum absolute atomic E-state index is 0.247. The van der Waals surface area contributed by atoms with Crippen LogP contribution in [0, 0.1) is 0 Å². The number of rotatable bonds is 3. The van der Waals surface area contributed by atoms with Crippen LogP contribution in [0.4, 0.5) is 0 Å². The Morgan fingerprint density at radius 2 is 1.92 bits per heavy atom. The van der Waals surface area contributed by atoms with Gasteiger partial charge in [-0.3, -0.25) is 0 Å². The summed E-state index contributed by atoms with van der Waals surface area (Å²) in [4.78, 5) is 4.62. The van der Waals surface area contributed by atoms with Gasteiger partial charge in [-0.15, -0.1) is 0 Å². The second-order valence-corrected chi connectivity index (χ2v) is 14.2. The van der Waals surface area contributed by atoms with Crippen LogP contribution in [0.15, 0.2) is 29.0 Å². The third kappa shape index (κ3) is 3.49. The Labute approximate surface area is 155 Å². The number of imidazole rings is 1. The molecule has 0 bridgehead atoms. The van der Waals surface area contributed by atoms with E-state index in [0.717, 1.165) is 16.4 Å². The Morgan fingerprint density at radius 3 is 2.62 bits per heavy atom. The van der Waals surface area contributed by atoms with Crippen LogP contribution >= 0.6 is 15.9 Å². The Hall–Kier alpha value is -0.653. The van der Waals surface area contributed by atoms with Crippen molar-refractivity contribution in [1.82, 2.24) is 9.55 Å². The lowest BCUT2D eigenvalue weighted by molar-refractivity contribution is 0.0862. The topological polar surface area (TPSA) is 27.1 Å². The van der Waals surface area contributed by atoms with Gasteiger partial charge in [-0.25, -0.2) is 4.98 Å². The first-order valence-electron chi connectivity index (χ1n) is 8.99. The predicted molar refractivity (Wildman–Crippen MR) is 107 cm³/mol. The van der Waals surface area contributed by atoms with E-state index in [9.17, 15) is 0 Å². The smallest absolute Gasteiger partial charge is 0.192 e. The molecular weight excluding hydrogens is 380 g/mol. The molecule has 1 aliphatic rings. The molecule has 2 aromatic rings. The fourth-order valence-electron chi connectivity index (χ4n) is 3.36. The molecule has 1 fully saturated rings. The molecule has 1 aromatic carbocycles. The van der Waals surface area contributed by atoms with E-state index in [1.165, 1.54) is 24.8 Å². The summed E-state index contributed by atoms with van der Waals surface area (Å²) in [7, 11) is -1.76. The van der Waals surface area contributed by atoms with Crippen molar-refractivity contribution in [3.8, 4) is 0 Å². The Morgan fingerprint density at radius 1 is 1.21 bits per heavy atom. The molecular formula is C19H29BrN2OSi. The number of fused-ring (bicyclic) bond motifs is 1. The van der Waals surface area contributed by atoms with Gasteiger partial charge in [0.15, 0.2) is 8.32 Å². The highest BCUT2D eigenvalue weighted by molar-refractivity contribution is 9.10. The van der Waals surface area contributed by atoms with E-state index >= 15 is 0 Å². The first-order valence-corrected chi connectivity index (χ1v) is 12.7. The highest BCUT2D eigenvalue weighted by Gasteiger charge is 2.41. The molecule has 0 unspecified atom stereocenters. The standard InChI is InChI=1S/C19H29BrN2OSi/c1-19(2,3)24(4,5)23-18-9-7-6-8-17(18)22-13-21-15-12-14(20)10-11-16(15)22/h10-13,17-18H,6-9H2,1-5H3/t17-,18-/m1/s1. The quantitative estimate of drug-likeness (QED) is 0.556. The van der Waals surface area contributed by atoms with Crippen LogP contribution in [-0.2, 0) is 4.43 Å². The molecule has 1 heterocycles. The molecule has 0 saturated heterocycles. The normalized spacial score (nSPS) is 22.9. The monoisotopic (exact) mass is 408 g/mol. The predicted octanol–water partition coefficient (Wildman–Crippen LogP) is 6.30. The van der Waals surface area contributed by atoms with E-state index in [2.05, 4.69) is 77.5 Å². The van der Waals surface area contributed by atoms with Crippen LogP contribution in [0.5, 0.6) is 0 Å². The highest BCUT2D eigenvalue weighted by atomic mass is 79.9. The second-order valence-electron chi connectivity index (χ2n) is 8.55. The van der Waals surface area contributed by atoms with Gasteiger partial charge in [-0.2, -0.15) is 0 Å². The Bertz CT molecular complexity index is 720. The zero-order valence-electron chi connectivity index (χ0n) is 15.5. The summed E-state index contributed by atoms with van der Waals surface area (Å²) < 4.78 is 10.3. The van der Waals surface area contributed by atoms with Gasteiger partial charge in [0.25, 0.3) is 0 Å². The van der Waals surface area contributed by atoms with Crippen molar-refractivity contribution in [2.75, 3.05) is 0 Å². The third-order valence-electron chi connectivity index (χ3n) is 5.81. The van der Waals surface area contributed by atoms with Gasteiger partial charge < -0.3 is 8.99 Å². The molecule has 0 spiro atoms. The molecule has 24 heavy (non-hydrogen) atoms. The molecule has 0 amide bonds. The Kier molecular flexibility index (Phi) is 4.97. The molecule has 1 saturated carbocycles. The molecule has 3 nitrogen and oxygen atoms in total. The van der Waals surface area contributed by atoms with E-state index in [0.29, 0.717) is 12.1 Å². The molecule has 0 radical (unpaired) electrons. The molecule has 1 aliphatic carbocycles. The molecule has 0 N–H and O–H groups in total. The van der Waals surface area contributed by atoms with Crippen LogP contribution in [0.3, 0.4) is 0 Å². The highest BCUT2D eigenvalue weighted by Crippen LogP contribution is 2.42. The minimum Gasteiger partial charge on any atom is -0.412 e. The van der Waals surface area contributed by atoms with Crippen molar-refractivity contribution < 1.29 is 4.43 Å². The summed E-state index contributed by atoms with van der Waals surface area (Å²) in [5, 5.41) is 0.247. The van der Waals surface area contributed by atoms with Gasteiger partial charge in [-0.1, -0.05) is 49.5 Å². The fraction of sp³-hybridized carbons (Fsp3) is 0.632. The first-order chi connectivity index (χ1) is 11.2. The van der Waals surface area contributed by atoms with E-state index in [-0.39, 0.29) is 5.04 Å². The maximum Gasteiger partial charge on any atom is 0.192 e. The van der Waals surface area contributed by atoms with E-state index in [1.54, 1.807) is 0 Å². The van der Waals surface area contributed by atoms with Gasteiger partial charge in [0.05, 0.1) is 29.5 Å². The van der Waals surface area contributed by atoms with Gasteiger partial charge in [0.1, 0.15) is 0 Å². The van der Waals surface area contributed by atoms with Crippen LogP contribution in [0.25, 0.3) is 11.0 Å². The summed E-state index contributed by atoms with van der Waals surface area (Å²) >= 11 is 3.54. The number of nitrogens with zero attached hydrogens (tertiary/aromatic N) is 2. The van der Waals surface area contributed by atoms with Crippen molar-refractivity contribution in [1.29, 1.82) is 0 Å². The average Bonchev–Trinajstić information content (AvgIpc) is 2.89. The van der Waals surface area contributed by atoms with E-state index in [1.807, 2.05) is 6.33 Å². The number of benzene rings is 1. The lowest BCUT2D eigenvalue weighted by Crippen LogP contribution is -2.46. The van der Waals surface area contributed by atoms with Crippen LogP contribution in [0.1, 0.15) is 52.5 Å². The van der Waals surface area contributed by atoms with E-state index < -0.39 is 8.32 Å². The van der Waals surface area contributed by atoms with Gasteiger partial charge >= 0.3 is 0 Å². The van der Waals surface area contributed by atoms with Gasteiger partial charge in [0, 0.05) is 4.47 Å². The fourth-order valence-corrected chi connectivity index (χ4v) is 5.09. The van der Waals surface area contributed by atoms with Gasteiger partial charge in [-0.05, 0) is 49.2 Å². The average molecular weight is 409 g/mol. The summed E-state index contributed by atoms with van der Waals surface area (Å²) in [6, 6.07) is 6.77. The van der Waals surface area contributed by atoms with Crippen molar-refractivity contribution in [3.63, 3.8) is 0 Å². The molecule has 5 heteroatoms. The van der Waals surface area contributed by atoms with Crippen LogP contribution in [-0.4, -0.2) is 24.0 Å². The van der Waals surface area contributed by atoms with Crippen molar-refractivity contribution in [2.24, 2.45) is 0 Å². The van der Waals surface area contributed by atoms with Crippen molar-refractivity contribution >= 4 is 35.3 Å². The van der Waals surface area contributed by atoms with E-state index in [4.69, 9.17) is 4.43 Å². The summed E-state index contributed by atoms with van der Waals surface area (Å²) in [5.41, 5.74) is 2.27. The maximum atomic E-state index is 6.83. The summed E-state index contributed by atoms with van der Waals surface area (Å²) in [5.74, 6) is 0. The zero-order chi connectivity index (χ0) is 17.5. The number of hydrogen-bond acceptors (Lipinski definition) is 2. The first kappa shape index (κ1) is 18.1. The third-order valence-corrected chi connectivity index (χ3v) is 10.8. The SMILES string of the molecule is CC(C)(C)[Si](C)(C)O[C@@H]1CCCC[C@H]1n1cnc2cc(Br)ccc21. The lowest BCUT2D eigenvalue weighted by Gasteiger charge is -2.43. The lowest BCUT2D eigenvalue weighted by atomic mass is 9.92. The van der Waals surface area contributed by atoms with Crippen molar-refractivity contribution in [2.45, 2.75) is 76.7 Å². The maximum absolute atomic E-state index is 6.83. The Balaban J connectivity index is 1.92. The number of aromatic nitrogens is 2. The molecule has 1 aromatic heterocycles. The van der Waals surface area contributed by atoms with Crippen molar-refractivity contribution in [3.05, 3.63) is 29.0 Å². The second kappa shape index (κ2) is 6.58. The van der Waals surface area contributed by atoms with Crippen LogP contribution in [0.2, 0.25) is 18.1 Å². The van der Waals surface area contributed by atoms with Gasteiger partial charge in [0.2, 0.25) is 0 Å². The number of halogens is 1. The summed E-state index contributed by atoms with van der Waals surface area (Å²) in [6.45, 7) is 11.7. The molecule has 132 valence electrons. The molecule has 2 atom stereocenters. The molecule has 3 rings (SSSR count). The number of hydrogen-bond donors (Lipinski definition) is 0. The van der Waals surface area contributed by atoms with Crippen LogP contribution < -0.4 is 0 Å². The summed E-state index contributed by atoms with van der Waals surface area (Å²) in [6.07, 6.45) is 7.20. The zero-order valence-corrected chi connectivity index (χ0v) is 18.1. The minimum atomic E-state index is -1.76. The molecule has 0 aliphatic heterocycles. The largest absolute Gasteiger partial charge is 0.412 e.